The van der Waals surface area contributed by atoms with Gasteiger partial charge in [0.15, 0.2) is 11.5 Å². The van der Waals surface area contributed by atoms with Gasteiger partial charge in [-0.15, -0.1) is 0 Å². The average molecular weight is 604 g/mol. The Hall–Kier alpha value is -4.74. The monoisotopic (exact) mass is 603 g/mol. The van der Waals surface area contributed by atoms with Crippen LogP contribution in [0.25, 0.3) is 10.9 Å². The molecule has 0 aliphatic carbocycles. The highest BCUT2D eigenvalue weighted by molar-refractivity contribution is 7.71. The smallest absolute Gasteiger partial charge is 0.297 e. The van der Waals surface area contributed by atoms with Gasteiger partial charge in [0.2, 0.25) is 10.5 Å². The number of benzene rings is 3. The molecule has 0 saturated heterocycles. The molecule has 42 heavy (non-hydrogen) atoms. The van der Waals surface area contributed by atoms with E-state index in [0.717, 1.165) is 15.6 Å². The van der Waals surface area contributed by atoms with Crippen LogP contribution in [0.3, 0.4) is 0 Å². The molecule has 0 aliphatic rings. The summed E-state index contributed by atoms with van der Waals surface area (Å²) in [5, 5.41) is 12.2. The number of nitrogens with one attached hydrogen (secondary N) is 1. The number of aromatic nitrogens is 4. The minimum Gasteiger partial charge on any atom is -0.493 e. The van der Waals surface area contributed by atoms with Gasteiger partial charge in [0.05, 0.1) is 33.1 Å². The first-order valence-corrected chi connectivity index (χ1v) is 13.5. The number of hydrogen-bond donors (Lipinski definition) is 1. The number of ether oxygens (including phenoxy) is 4. The highest BCUT2D eigenvalue weighted by Gasteiger charge is 2.16. The van der Waals surface area contributed by atoms with Gasteiger partial charge in [-0.05, 0) is 53.7 Å². The molecule has 2 heterocycles. The van der Waals surface area contributed by atoms with Crippen molar-refractivity contribution >= 4 is 40.9 Å². The van der Waals surface area contributed by atoms with E-state index in [1.165, 1.54) is 27.5 Å². The summed E-state index contributed by atoms with van der Waals surface area (Å²) >= 11 is 11.8. The molecule has 3 aromatic carbocycles. The molecule has 12 heteroatoms. The second-order valence-corrected chi connectivity index (χ2v) is 9.79. The highest BCUT2D eigenvalue weighted by atomic mass is 35.5. The lowest BCUT2D eigenvalue weighted by Crippen LogP contribution is -2.25. The van der Waals surface area contributed by atoms with Gasteiger partial charge in [0, 0.05) is 23.4 Å². The molecular formula is C30H26ClN5O5S. The summed E-state index contributed by atoms with van der Waals surface area (Å²) in [6, 6.07) is 20.8. The molecule has 0 spiro atoms. The third-order valence-corrected chi connectivity index (χ3v) is 6.91. The zero-order valence-corrected chi connectivity index (χ0v) is 24.5. The van der Waals surface area contributed by atoms with Gasteiger partial charge in [-0.3, -0.25) is 9.89 Å². The van der Waals surface area contributed by atoms with Crippen LogP contribution in [0.4, 0.5) is 0 Å². The molecule has 1 N–H and O–H groups in total. The number of pyridine rings is 1. The van der Waals surface area contributed by atoms with Crippen molar-refractivity contribution in [1.29, 1.82) is 0 Å². The van der Waals surface area contributed by atoms with E-state index < -0.39 is 5.56 Å². The van der Waals surface area contributed by atoms with Gasteiger partial charge in [-0.1, -0.05) is 41.9 Å². The fraction of sp³-hybridized carbons (Fsp3) is 0.167. The standard InChI is InChI=1S/C30H26ClN5O5S/c1-38-25-12-19(13-26(39-2)27(25)40-3)11-24-29(37)36(30(42)35-34-24)32-16-21-14-20-9-10-22(15-23(20)33-28(21)31)41-17-18-7-5-4-6-8-18/h4-10,12-16H,11,17H2,1-3H3,(H,35,42)/b32-16+. The molecule has 5 aromatic rings. The van der Waals surface area contributed by atoms with Crippen molar-refractivity contribution in [3.05, 3.63) is 109 Å². The lowest BCUT2D eigenvalue weighted by molar-refractivity contribution is 0.306. The SMILES string of the molecule is COc1cc(Cc2n[nH]c(=S)n(/N=C/c3cc4ccc(OCc5ccccc5)cc4nc3Cl)c2=O)cc(OC)c1OC. The van der Waals surface area contributed by atoms with Crippen LogP contribution in [0.2, 0.25) is 5.15 Å². The van der Waals surface area contributed by atoms with E-state index in [0.29, 0.717) is 46.2 Å². The van der Waals surface area contributed by atoms with Crippen LogP contribution in [0.1, 0.15) is 22.4 Å². The molecule has 0 fully saturated rings. The molecule has 2 aromatic heterocycles. The largest absolute Gasteiger partial charge is 0.493 e. The molecule has 0 atom stereocenters. The minimum atomic E-state index is -0.492. The number of methoxy groups -OCH3 is 3. The second kappa shape index (κ2) is 12.8. The van der Waals surface area contributed by atoms with E-state index in [9.17, 15) is 4.79 Å². The Morgan fingerprint density at radius 1 is 0.976 bits per heavy atom. The predicted molar refractivity (Wildman–Crippen MR) is 163 cm³/mol. The number of rotatable bonds is 10. The zero-order valence-electron chi connectivity index (χ0n) is 23.0. The first-order chi connectivity index (χ1) is 20.4. The van der Waals surface area contributed by atoms with Crippen LogP contribution >= 0.6 is 23.8 Å². The Labute approximate surface area is 251 Å². The molecule has 0 aliphatic heterocycles. The van der Waals surface area contributed by atoms with E-state index in [4.69, 9.17) is 42.8 Å². The van der Waals surface area contributed by atoms with Crippen LogP contribution in [0.5, 0.6) is 23.0 Å². The average Bonchev–Trinajstić information content (AvgIpc) is 3.01. The fourth-order valence-corrected chi connectivity index (χ4v) is 4.63. The van der Waals surface area contributed by atoms with Gasteiger partial charge >= 0.3 is 0 Å². The van der Waals surface area contributed by atoms with Crippen molar-refractivity contribution in [1.82, 2.24) is 19.9 Å². The van der Waals surface area contributed by atoms with Gasteiger partial charge in [-0.2, -0.15) is 14.9 Å². The number of nitrogens with zero attached hydrogens (tertiary/aromatic N) is 4. The fourth-order valence-electron chi connectivity index (χ4n) is 4.26. The molecule has 0 bridgehead atoms. The Bertz CT molecular complexity index is 1870. The van der Waals surface area contributed by atoms with Crippen LogP contribution in [0, 0.1) is 4.77 Å². The van der Waals surface area contributed by atoms with E-state index >= 15 is 0 Å². The summed E-state index contributed by atoms with van der Waals surface area (Å²) in [5.41, 5.74) is 2.63. The summed E-state index contributed by atoms with van der Waals surface area (Å²) in [5.74, 6) is 2.04. The molecule has 0 saturated carbocycles. The van der Waals surface area contributed by atoms with E-state index in [1.54, 1.807) is 12.1 Å². The van der Waals surface area contributed by atoms with Crippen LogP contribution < -0.4 is 24.5 Å². The molecule has 10 nitrogen and oxygen atoms in total. The first kappa shape index (κ1) is 28.8. The summed E-state index contributed by atoms with van der Waals surface area (Å²) in [7, 11) is 4.56. The number of fused-ring (bicyclic) bond motifs is 1. The molecule has 0 unspecified atom stereocenters. The Balaban J connectivity index is 1.39. The van der Waals surface area contributed by atoms with Crippen molar-refractivity contribution in [2.75, 3.05) is 21.3 Å². The lowest BCUT2D eigenvalue weighted by Gasteiger charge is -2.14. The maximum absolute atomic E-state index is 13.3. The third-order valence-electron chi connectivity index (χ3n) is 6.34. The van der Waals surface area contributed by atoms with E-state index in [1.807, 2.05) is 54.6 Å². The molecule has 214 valence electrons. The van der Waals surface area contributed by atoms with Crippen LogP contribution in [-0.2, 0) is 13.0 Å². The minimum absolute atomic E-state index is 0.0231. The molecule has 0 amide bonds. The van der Waals surface area contributed by atoms with Crippen molar-refractivity contribution in [3.8, 4) is 23.0 Å². The van der Waals surface area contributed by atoms with Crippen molar-refractivity contribution in [3.63, 3.8) is 0 Å². The highest BCUT2D eigenvalue weighted by Crippen LogP contribution is 2.38. The normalized spacial score (nSPS) is 11.1. The van der Waals surface area contributed by atoms with Crippen molar-refractivity contribution in [2.24, 2.45) is 5.10 Å². The van der Waals surface area contributed by atoms with Crippen molar-refractivity contribution < 1.29 is 18.9 Å². The Morgan fingerprint density at radius 2 is 1.71 bits per heavy atom. The first-order valence-electron chi connectivity index (χ1n) is 12.7. The summed E-state index contributed by atoms with van der Waals surface area (Å²) in [6.07, 6.45) is 1.59. The number of hydrogen-bond acceptors (Lipinski definition) is 9. The zero-order chi connectivity index (χ0) is 29.6. The van der Waals surface area contributed by atoms with Crippen LogP contribution in [0.15, 0.2) is 76.6 Å². The van der Waals surface area contributed by atoms with Gasteiger partial charge < -0.3 is 18.9 Å². The summed E-state index contributed by atoms with van der Waals surface area (Å²) in [4.78, 5) is 17.8. The Morgan fingerprint density at radius 3 is 2.40 bits per heavy atom. The summed E-state index contributed by atoms with van der Waals surface area (Å²) < 4.78 is 23.2. The van der Waals surface area contributed by atoms with E-state index in [2.05, 4.69) is 20.3 Å². The molecular weight excluding hydrogens is 578 g/mol. The number of halogens is 1. The molecule has 5 rings (SSSR count). The lowest BCUT2D eigenvalue weighted by atomic mass is 10.1. The van der Waals surface area contributed by atoms with Gasteiger partial charge in [0.1, 0.15) is 23.2 Å². The number of H-pyrrole nitrogens is 1. The van der Waals surface area contributed by atoms with Gasteiger partial charge in [0.25, 0.3) is 5.56 Å². The van der Waals surface area contributed by atoms with Crippen LogP contribution in [-0.4, -0.2) is 47.4 Å². The summed E-state index contributed by atoms with van der Waals surface area (Å²) in [6.45, 7) is 0.438. The third kappa shape index (κ3) is 6.27. The predicted octanol–water partition coefficient (Wildman–Crippen LogP) is 5.58. The topological polar surface area (TPSA) is 113 Å². The van der Waals surface area contributed by atoms with Gasteiger partial charge in [-0.25, -0.2) is 4.98 Å². The number of aromatic amines is 1. The van der Waals surface area contributed by atoms with E-state index in [-0.39, 0.29) is 22.0 Å². The quantitative estimate of drug-likeness (QED) is 0.125. The second-order valence-electron chi connectivity index (χ2n) is 9.04. The maximum Gasteiger partial charge on any atom is 0.297 e. The van der Waals surface area contributed by atoms with Crippen molar-refractivity contribution in [2.45, 2.75) is 13.0 Å². The Kier molecular flexibility index (Phi) is 8.80. The molecule has 0 radical (unpaired) electrons. The maximum atomic E-state index is 13.3.